The Morgan fingerprint density at radius 3 is 2.58 bits per heavy atom. The van der Waals surface area contributed by atoms with Gasteiger partial charge in [0.05, 0.1) is 31.5 Å². The number of para-hydroxylation sites is 1. The van der Waals surface area contributed by atoms with Crippen molar-refractivity contribution in [3.63, 3.8) is 0 Å². The van der Waals surface area contributed by atoms with Crippen molar-refractivity contribution in [3.05, 3.63) is 101 Å². The monoisotopic (exact) mass is 592 g/mol. The van der Waals surface area contributed by atoms with E-state index in [0.29, 0.717) is 40.7 Å². The Labute approximate surface area is 248 Å². The third-order valence-electron chi connectivity index (χ3n) is 6.33. The molecule has 3 aromatic carbocycles. The number of benzene rings is 3. The lowest BCUT2D eigenvalue weighted by Crippen LogP contribution is -2.45. The second-order valence-corrected chi connectivity index (χ2v) is 9.37. The van der Waals surface area contributed by atoms with E-state index in [1.54, 1.807) is 56.3 Å². The summed E-state index contributed by atoms with van der Waals surface area (Å²) in [6, 6.07) is 17.0. The van der Waals surface area contributed by atoms with Gasteiger partial charge in [-0.15, -0.1) is 0 Å². The first-order valence-corrected chi connectivity index (χ1v) is 13.5. The number of ether oxygens (including phenoxy) is 4. The number of rotatable bonds is 13. The van der Waals surface area contributed by atoms with Gasteiger partial charge < -0.3 is 34.7 Å². The van der Waals surface area contributed by atoms with Gasteiger partial charge in [-0.05, 0) is 61.4 Å². The van der Waals surface area contributed by atoms with Gasteiger partial charge in [-0.2, -0.15) is 5.10 Å². The molecule has 43 heavy (non-hydrogen) atoms. The maximum Gasteiger partial charge on any atom is 0.337 e. The van der Waals surface area contributed by atoms with Crippen LogP contribution in [-0.2, 0) is 16.1 Å². The average molecular weight is 593 g/mol. The number of nitrogens with one attached hydrogen (secondary N) is 3. The van der Waals surface area contributed by atoms with Crippen molar-refractivity contribution in [3.8, 4) is 17.2 Å². The number of esters is 1. The first-order valence-electron chi connectivity index (χ1n) is 13.5. The van der Waals surface area contributed by atoms with E-state index in [0.717, 1.165) is 5.56 Å². The Balaban J connectivity index is 1.38. The number of carbonyl (C=O) groups excluding carboxylic acids is 2. The highest BCUT2D eigenvalue weighted by atomic mass is 19.1. The predicted octanol–water partition coefficient (Wildman–Crippen LogP) is 3.93. The van der Waals surface area contributed by atoms with E-state index in [1.165, 1.54) is 25.5 Å². The van der Waals surface area contributed by atoms with E-state index in [4.69, 9.17) is 18.9 Å². The number of halogens is 1. The first kappa shape index (κ1) is 30.8. The van der Waals surface area contributed by atoms with Crippen LogP contribution >= 0.6 is 0 Å². The lowest BCUT2D eigenvalue weighted by atomic mass is 9.95. The SMILES string of the molecule is CCOc1cc([C@H]2NC(=O)NC(C)=C2C(=O)OC)ccc1OC[C@@H](O)N/N=C\c1ccccc1OCc1ccc(F)cc1. The van der Waals surface area contributed by atoms with Crippen LogP contribution in [-0.4, -0.2) is 49.9 Å². The highest BCUT2D eigenvalue weighted by Crippen LogP contribution is 2.35. The fourth-order valence-electron chi connectivity index (χ4n) is 4.28. The van der Waals surface area contributed by atoms with Crippen LogP contribution in [0.3, 0.4) is 0 Å². The maximum absolute atomic E-state index is 13.2. The Hall–Kier alpha value is -5.10. The molecule has 1 heterocycles. The molecule has 0 spiro atoms. The molecule has 4 rings (SSSR count). The summed E-state index contributed by atoms with van der Waals surface area (Å²) in [5.74, 6) is 0.373. The van der Waals surface area contributed by atoms with Gasteiger partial charge in [0, 0.05) is 11.3 Å². The molecular weight excluding hydrogens is 559 g/mol. The molecule has 4 N–H and O–H groups in total. The largest absolute Gasteiger partial charge is 0.490 e. The summed E-state index contributed by atoms with van der Waals surface area (Å²) < 4.78 is 35.4. The Morgan fingerprint density at radius 2 is 1.84 bits per heavy atom. The highest BCUT2D eigenvalue weighted by molar-refractivity contribution is 5.95. The molecule has 0 fully saturated rings. The molecule has 2 atom stereocenters. The predicted molar refractivity (Wildman–Crippen MR) is 156 cm³/mol. The molecule has 0 aromatic heterocycles. The number of hydrazone groups is 1. The van der Waals surface area contributed by atoms with Gasteiger partial charge in [0.15, 0.2) is 17.7 Å². The van der Waals surface area contributed by atoms with Crippen molar-refractivity contribution in [1.82, 2.24) is 16.1 Å². The topological polar surface area (TPSA) is 140 Å². The smallest absolute Gasteiger partial charge is 0.337 e. The zero-order chi connectivity index (χ0) is 30.8. The third-order valence-corrected chi connectivity index (χ3v) is 6.33. The molecule has 0 unspecified atom stereocenters. The van der Waals surface area contributed by atoms with Gasteiger partial charge >= 0.3 is 12.0 Å². The number of aliphatic hydroxyl groups is 1. The van der Waals surface area contributed by atoms with Crippen LogP contribution in [0.25, 0.3) is 0 Å². The number of aliphatic hydroxyl groups excluding tert-OH is 1. The number of amides is 2. The van der Waals surface area contributed by atoms with Crippen LogP contribution in [0, 0.1) is 5.82 Å². The van der Waals surface area contributed by atoms with E-state index in [-0.39, 0.29) is 24.6 Å². The van der Waals surface area contributed by atoms with Crippen LogP contribution in [0.2, 0.25) is 0 Å². The minimum Gasteiger partial charge on any atom is -0.490 e. The van der Waals surface area contributed by atoms with Crippen LogP contribution in [0.1, 0.15) is 36.6 Å². The molecule has 1 aliphatic heterocycles. The lowest BCUT2D eigenvalue weighted by molar-refractivity contribution is -0.136. The number of methoxy groups -OCH3 is 1. The Kier molecular flexibility index (Phi) is 10.5. The van der Waals surface area contributed by atoms with Gasteiger partial charge in [-0.3, -0.25) is 5.43 Å². The second-order valence-electron chi connectivity index (χ2n) is 9.37. The van der Waals surface area contributed by atoms with Gasteiger partial charge in [0.2, 0.25) is 0 Å². The van der Waals surface area contributed by atoms with Crippen LogP contribution in [0.5, 0.6) is 17.2 Å². The summed E-state index contributed by atoms with van der Waals surface area (Å²) in [5, 5.41) is 19.8. The minimum atomic E-state index is -1.17. The van der Waals surface area contributed by atoms with Crippen molar-refractivity contribution in [2.75, 3.05) is 20.3 Å². The number of carbonyl (C=O) groups is 2. The van der Waals surface area contributed by atoms with Crippen LogP contribution in [0.4, 0.5) is 9.18 Å². The fourth-order valence-corrected chi connectivity index (χ4v) is 4.28. The van der Waals surface area contributed by atoms with E-state index >= 15 is 0 Å². The number of hydrogen-bond donors (Lipinski definition) is 4. The molecule has 0 radical (unpaired) electrons. The summed E-state index contributed by atoms with van der Waals surface area (Å²) in [6.07, 6.45) is 0.337. The molecule has 1 aliphatic rings. The van der Waals surface area contributed by atoms with Crippen LogP contribution < -0.4 is 30.3 Å². The van der Waals surface area contributed by atoms with Gasteiger partial charge in [0.25, 0.3) is 0 Å². The number of hydrogen-bond acceptors (Lipinski definition) is 9. The first-order chi connectivity index (χ1) is 20.8. The highest BCUT2D eigenvalue weighted by Gasteiger charge is 2.32. The number of nitrogens with zero attached hydrogens (tertiary/aromatic N) is 1. The fraction of sp³-hybridized carbons (Fsp3) is 0.258. The van der Waals surface area contributed by atoms with E-state index in [1.807, 2.05) is 12.1 Å². The Morgan fingerprint density at radius 1 is 1.07 bits per heavy atom. The zero-order valence-electron chi connectivity index (χ0n) is 23.9. The number of allylic oxidation sites excluding steroid dienone is 1. The maximum atomic E-state index is 13.2. The molecule has 226 valence electrons. The van der Waals surface area contributed by atoms with E-state index in [9.17, 15) is 19.1 Å². The standard InChI is InChI=1S/C31H33FN4O7/c1-4-41-26-15-21(29-28(30(38)40-3)19(2)34-31(39)35-29)11-14-25(26)43-18-27(37)36-33-16-22-7-5-6-8-24(22)42-17-20-9-12-23(32)13-10-20/h5-16,27,29,36-37H,4,17-18H2,1-3H3,(H2,34,35,39)/b33-16-/t27-,29-/m1/s1. The van der Waals surface area contributed by atoms with Crippen LogP contribution in [0.15, 0.2) is 83.1 Å². The van der Waals surface area contributed by atoms with Crippen molar-refractivity contribution < 1.29 is 38.0 Å². The number of urea groups is 1. The second kappa shape index (κ2) is 14.7. The summed E-state index contributed by atoms with van der Waals surface area (Å²) >= 11 is 0. The van der Waals surface area contributed by atoms with Gasteiger partial charge in [-0.25, -0.2) is 14.0 Å². The molecule has 0 saturated heterocycles. The van der Waals surface area contributed by atoms with Crippen molar-refractivity contribution >= 4 is 18.2 Å². The van der Waals surface area contributed by atoms with E-state index in [2.05, 4.69) is 21.2 Å². The van der Waals surface area contributed by atoms with Crippen molar-refractivity contribution in [2.24, 2.45) is 5.10 Å². The molecule has 0 saturated carbocycles. The minimum absolute atomic E-state index is 0.171. The van der Waals surface area contributed by atoms with Crippen molar-refractivity contribution in [2.45, 2.75) is 32.7 Å². The molecular formula is C31H33FN4O7. The Bertz CT molecular complexity index is 1490. The zero-order valence-corrected chi connectivity index (χ0v) is 23.9. The van der Waals surface area contributed by atoms with Crippen molar-refractivity contribution in [1.29, 1.82) is 0 Å². The summed E-state index contributed by atoms with van der Waals surface area (Å²) in [4.78, 5) is 24.6. The lowest BCUT2D eigenvalue weighted by Gasteiger charge is -2.28. The molecule has 0 bridgehead atoms. The molecule has 2 amide bonds. The summed E-state index contributed by atoms with van der Waals surface area (Å²) in [6.45, 7) is 3.83. The van der Waals surface area contributed by atoms with Gasteiger partial charge in [0.1, 0.15) is 24.8 Å². The molecule has 0 aliphatic carbocycles. The summed E-state index contributed by atoms with van der Waals surface area (Å²) in [7, 11) is 1.27. The van der Waals surface area contributed by atoms with Gasteiger partial charge in [-0.1, -0.05) is 30.3 Å². The molecule has 3 aromatic rings. The molecule has 12 heteroatoms. The third kappa shape index (κ3) is 8.23. The average Bonchev–Trinajstić information content (AvgIpc) is 3.00. The quantitative estimate of drug-likeness (QED) is 0.101. The normalized spacial score (nSPS) is 15.4. The molecule has 11 nitrogen and oxygen atoms in total. The van der Waals surface area contributed by atoms with E-state index < -0.39 is 24.3 Å². The summed E-state index contributed by atoms with van der Waals surface area (Å²) in [5.41, 5.74) is 5.31.